The number of hydrogen-bond acceptors (Lipinski definition) is 0. The molecule has 3 aromatic carbocycles. The van der Waals surface area contributed by atoms with Gasteiger partial charge in [-0.1, -0.05) is 67.9 Å². The summed E-state index contributed by atoms with van der Waals surface area (Å²) in [5.74, 6) is 2.52. The minimum Gasteiger partial charge on any atom is -1.00 e. The smallest absolute Gasteiger partial charge is 0.136 e. The van der Waals surface area contributed by atoms with Crippen molar-refractivity contribution in [2.45, 2.75) is 26.2 Å². The fraction of sp³-hybridized carbons (Fsp3) is 0.167. The molecule has 0 heterocycles. The predicted octanol–water partition coefficient (Wildman–Crippen LogP) is 2.69. The van der Waals surface area contributed by atoms with Crippen LogP contribution in [0.25, 0.3) is 0 Å². The summed E-state index contributed by atoms with van der Waals surface area (Å²) >= 11 is 0. The molecule has 0 fully saturated rings. The Balaban J connectivity index is 0.00000243. The van der Waals surface area contributed by atoms with Gasteiger partial charge in [0.15, 0.2) is 0 Å². The van der Waals surface area contributed by atoms with Crippen LogP contribution in [-0.4, -0.2) is 0 Å². The van der Waals surface area contributed by atoms with Crippen molar-refractivity contribution in [3.8, 4) is 0 Å². The largest absolute Gasteiger partial charge is 1.00 e. The number of rotatable bonds is 7. The van der Waals surface area contributed by atoms with Gasteiger partial charge in [-0.3, -0.25) is 0 Å². The number of unbranched alkanes of at least 4 members (excludes halogenated alkanes) is 2. The first kappa shape index (κ1) is 20.6. The lowest BCUT2D eigenvalue weighted by Gasteiger charge is -2.24. The molecule has 0 N–H and O–H groups in total. The zero-order valence-corrected chi connectivity index (χ0v) is 17.7. The zero-order valence-electron chi connectivity index (χ0n) is 15.3. The van der Waals surface area contributed by atoms with Gasteiger partial charge in [-0.25, -0.2) is 0 Å². The van der Waals surface area contributed by atoms with E-state index >= 15 is 0 Å². The van der Waals surface area contributed by atoms with E-state index in [1.54, 1.807) is 0 Å². The molecule has 0 spiro atoms. The molecule has 0 unspecified atom stereocenters. The van der Waals surface area contributed by atoms with Crippen LogP contribution in [0, 0.1) is 0 Å². The van der Waals surface area contributed by atoms with E-state index in [-0.39, 0.29) is 17.0 Å². The highest BCUT2D eigenvalue weighted by atomic mass is 79.9. The van der Waals surface area contributed by atoms with Crippen LogP contribution in [0.1, 0.15) is 26.2 Å². The molecule has 0 aromatic heterocycles. The normalized spacial score (nSPS) is 11.3. The minimum atomic E-state index is -1.77. The van der Waals surface area contributed by atoms with Crippen molar-refractivity contribution in [2.75, 3.05) is 0 Å². The SMILES string of the molecule is CCCCC=C[P+](c1ccccc1)(c1ccccc1)c1ccccc1.[Br-]. The number of halogens is 1. The quantitative estimate of drug-likeness (QED) is 0.404. The third-order valence-electron chi connectivity index (χ3n) is 4.54. The van der Waals surface area contributed by atoms with Crippen LogP contribution in [0.15, 0.2) is 103 Å². The molecule has 3 rings (SSSR count). The van der Waals surface area contributed by atoms with Gasteiger partial charge < -0.3 is 17.0 Å². The lowest BCUT2D eigenvalue weighted by Crippen LogP contribution is -3.00. The van der Waals surface area contributed by atoms with Crippen LogP contribution in [0.2, 0.25) is 0 Å². The molecule has 2 heteroatoms. The van der Waals surface area contributed by atoms with Crippen LogP contribution >= 0.6 is 7.26 Å². The monoisotopic (exact) mass is 424 g/mol. The van der Waals surface area contributed by atoms with E-state index in [2.05, 4.69) is 110 Å². The summed E-state index contributed by atoms with van der Waals surface area (Å²) in [5.41, 5.74) is 0. The highest BCUT2D eigenvalue weighted by molar-refractivity contribution is 7.98. The minimum absolute atomic E-state index is 0. The molecule has 0 aliphatic rings. The first-order valence-electron chi connectivity index (χ1n) is 9.11. The van der Waals surface area contributed by atoms with Gasteiger partial charge in [0.2, 0.25) is 0 Å². The van der Waals surface area contributed by atoms with Gasteiger partial charge in [0.25, 0.3) is 0 Å². The highest BCUT2D eigenvalue weighted by Crippen LogP contribution is 2.56. The maximum atomic E-state index is 2.52. The average Bonchev–Trinajstić information content (AvgIpc) is 2.70. The summed E-state index contributed by atoms with van der Waals surface area (Å²) in [6.45, 7) is 2.25. The van der Waals surface area contributed by atoms with Crippen LogP contribution in [0.4, 0.5) is 0 Å². The standard InChI is InChI=1S/C24H26P.BrH/c1-2-3-4-14-21-25(22-15-8-5-9-16-22,23-17-10-6-11-18-23)24-19-12-7-13-20-24;/h5-21H,2-4H2,1H3;1H/q+1;/p-1. The third-order valence-corrected chi connectivity index (χ3v) is 8.54. The second-order valence-corrected chi connectivity index (χ2v) is 9.55. The van der Waals surface area contributed by atoms with Crippen LogP contribution < -0.4 is 32.9 Å². The van der Waals surface area contributed by atoms with Gasteiger partial charge in [-0.2, -0.15) is 0 Å². The van der Waals surface area contributed by atoms with Gasteiger partial charge in [-0.05, 0) is 55.3 Å². The van der Waals surface area contributed by atoms with E-state index in [4.69, 9.17) is 0 Å². The molecule has 0 radical (unpaired) electrons. The number of hydrogen-bond donors (Lipinski definition) is 0. The van der Waals surface area contributed by atoms with Crippen LogP contribution in [0.3, 0.4) is 0 Å². The molecule has 0 nitrogen and oxygen atoms in total. The Morgan fingerprint density at radius 3 is 1.38 bits per heavy atom. The van der Waals surface area contributed by atoms with Crippen molar-refractivity contribution in [1.82, 2.24) is 0 Å². The first-order chi connectivity index (χ1) is 12.4. The maximum Gasteiger partial charge on any atom is 0.136 e. The Morgan fingerprint density at radius 2 is 1.04 bits per heavy atom. The highest BCUT2D eigenvalue weighted by Gasteiger charge is 2.42. The molecule has 3 aromatic rings. The first-order valence-corrected chi connectivity index (χ1v) is 11.0. The summed E-state index contributed by atoms with van der Waals surface area (Å²) in [6, 6.07) is 33.0. The van der Waals surface area contributed by atoms with Crippen LogP contribution in [-0.2, 0) is 0 Å². The molecule has 134 valence electrons. The molecule has 0 bridgehead atoms. The topological polar surface area (TPSA) is 0 Å². The fourth-order valence-electron chi connectivity index (χ4n) is 3.25. The Bertz CT molecular complexity index is 686. The number of benzene rings is 3. The molecule has 26 heavy (non-hydrogen) atoms. The third kappa shape index (κ3) is 4.53. The molecule has 0 amide bonds. The van der Waals surface area contributed by atoms with Gasteiger partial charge in [-0.15, -0.1) is 0 Å². The van der Waals surface area contributed by atoms with E-state index in [0.29, 0.717) is 0 Å². The summed E-state index contributed by atoms with van der Waals surface area (Å²) in [6.07, 6.45) is 6.03. The summed E-state index contributed by atoms with van der Waals surface area (Å²) in [5, 5.41) is 4.25. The number of allylic oxidation sites excluding steroid dienone is 1. The Labute approximate surface area is 169 Å². The van der Waals surface area contributed by atoms with Crippen molar-refractivity contribution in [3.05, 3.63) is 103 Å². The molecular weight excluding hydrogens is 399 g/mol. The van der Waals surface area contributed by atoms with Gasteiger partial charge >= 0.3 is 0 Å². The van der Waals surface area contributed by atoms with E-state index in [9.17, 15) is 0 Å². The van der Waals surface area contributed by atoms with Crippen LogP contribution in [0.5, 0.6) is 0 Å². The Kier molecular flexibility index (Phi) is 8.29. The summed E-state index contributed by atoms with van der Waals surface area (Å²) < 4.78 is 0. The fourth-order valence-corrected chi connectivity index (χ4v) is 7.05. The molecular formula is C24H26BrP. The van der Waals surface area contributed by atoms with Gasteiger partial charge in [0, 0.05) is 0 Å². The maximum absolute atomic E-state index is 2.52. The second kappa shape index (κ2) is 10.5. The Morgan fingerprint density at radius 1 is 0.654 bits per heavy atom. The van der Waals surface area contributed by atoms with Crippen molar-refractivity contribution in [1.29, 1.82) is 0 Å². The lowest BCUT2D eigenvalue weighted by molar-refractivity contribution is -0.00000493. The summed E-state index contributed by atoms with van der Waals surface area (Å²) in [4.78, 5) is 0. The van der Waals surface area contributed by atoms with Crippen molar-refractivity contribution < 1.29 is 17.0 Å². The zero-order chi connectivity index (χ0) is 17.4. The molecule has 0 saturated carbocycles. The molecule has 0 atom stereocenters. The van der Waals surface area contributed by atoms with Gasteiger partial charge in [0.05, 0.1) is 5.82 Å². The van der Waals surface area contributed by atoms with E-state index in [1.165, 1.54) is 28.8 Å². The predicted molar refractivity (Wildman–Crippen MR) is 114 cm³/mol. The molecule has 0 aliphatic carbocycles. The molecule has 0 saturated heterocycles. The van der Waals surface area contributed by atoms with Crippen molar-refractivity contribution in [3.63, 3.8) is 0 Å². The van der Waals surface area contributed by atoms with Crippen molar-refractivity contribution >= 4 is 23.2 Å². The average molecular weight is 425 g/mol. The second-order valence-electron chi connectivity index (χ2n) is 6.26. The van der Waals surface area contributed by atoms with E-state index in [0.717, 1.165) is 6.42 Å². The van der Waals surface area contributed by atoms with Gasteiger partial charge in [0.1, 0.15) is 23.2 Å². The van der Waals surface area contributed by atoms with Crippen molar-refractivity contribution in [2.24, 2.45) is 0 Å². The molecule has 0 aliphatic heterocycles. The lowest BCUT2D eigenvalue weighted by atomic mass is 10.2. The summed E-state index contributed by atoms with van der Waals surface area (Å²) in [7, 11) is -1.77. The Hall–Kier alpha value is -1.69. The van der Waals surface area contributed by atoms with E-state index < -0.39 is 7.26 Å². The van der Waals surface area contributed by atoms with E-state index in [1.807, 2.05) is 0 Å².